The quantitative estimate of drug-likeness (QED) is 0.170. The number of rotatable bonds is 10. The molecule has 4 rings (SSSR count). The van der Waals surface area contributed by atoms with Gasteiger partial charge in [0.2, 0.25) is 0 Å². The normalized spacial score (nSPS) is 13.9. The van der Waals surface area contributed by atoms with Gasteiger partial charge in [-0.2, -0.15) is 0 Å². The van der Waals surface area contributed by atoms with E-state index in [1.165, 1.54) is 0 Å². The Kier molecular flexibility index (Phi) is 9.30. The van der Waals surface area contributed by atoms with E-state index >= 15 is 0 Å². The summed E-state index contributed by atoms with van der Waals surface area (Å²) in [6, 6.07) is 33.4. The standard InChI is InChI=1S/C33H35N3O3Si/c1-24(34-4)28-18-10-13-21-31(28)37-40(27-16-8-7-9-17-27,38-32-22-14-11-19-29(32)25(2)35-5)39-33-23-15-12-20-30(33)26(3)36-6/h7-23H,1-6H3. The number of hydrogen-bond acceptors (Lipinski definition) is 6. The van der Waals surface area contributed by atoms with Gasteiger partial charge in [0.25, 0.3) is 0 Å². The molecule has 0 fully saturated rings. The second-order valence-electron chi connectivity index (χ2n) is 9.14. The maximum absolute atomic E-state index is 7.02. The van der Waals surface area contributed by atoms with E-state index in [-0.39, 0.29) is 0 Å². The highest BCUT2D eigenvalue weighted by molar-refractivity contribution is 6.77. The van der Waals surface area contributed by atoms with Crippen LogP contribution >= 0.6 is 0 Å². The zero-order valence-corrected chi connectivity index (χ0v) is 24.9. The zero-order chi connectivity index (χ0) is 28.5. The molecule has 0 radical (unpaired) electrons. The third-order valence-corrected chi connectivity index (χ3v) is 9.20. The Morgan fingerprint density at radius 1 is 0.450 bits per heavy atom. The first kappa shape index (κ1) is 28.5. The van der Waals surface area contributed by atoms with Crippen LogP contribution in [0.2, 0.25) is 0 Å². The molecule has 0 atom stereocenters. The van der Waals surface area contributed by atoms with E-state index in [1.807, 2.05) is 124 Å². The predicted molar refractivity (Wildman–Crippen MR) is 167 cm³/mol. The third kappa shape index (κ3) is 6.21. The van der Waals surface area contributed by atoms with Gasteiger partial charge in [-0.05, 0) is 57.2 Å². The number of hydrogen-bond donors (Lipinski definition) is 0. The summed E-state index contributed by atoms with van der Waals surface area (Å²) in [6.45, 7) is 5.88. The molecule has 6 nitrogen and oxygen atoms in total. The number of aliphatic imine (C=N–C) groups is 3. The molecule has 0 N–H and O–H groups in total. The fourth-order valence-corrected chi connectivity index (χ4v) is 6.72. The summed E-state index contributed by atoms with van der Waals surface area (Å²) in [5.41, 5.74) is 5.12. The molecular formula is C33H35N3O3Si. The molecule has 0 unspecified atom stereocenters. The van der Waals surface area contributed by atoms with Crippen LogP contribution in [-0.2, 0) is 0 Å². The molecule has 0 aliphatic heterocycles. The Bertz CT molecular complexity index is 1390. The number of benzene rings is 4. The molecule has 0 heterocycles. The predicted octanol–water partition coefficient (Wildman–Crippen LogP) is 6.39. The van der Waals surface area contributed by atoms with Crippen molar-refractivity contribution in [2.75, 3.05) is 21.1 Å². The van der Waals surface area contributed by atoms with Crippen molar-refractivity contribution in [2.24, 2.45) is 15.0 Å². The first-order chi connectivity index (χ1) is 19.4. The van der Waals surface area contributed by atoms with Crippen molar-refractivity contribution >= 4 is 31.1 Å². The molecule has 4 aromatic carbocycles. The minimum absolute atomic E-state index is 0.623. The van der Waals surface area contributed by atoms with Crippen molar-refractivity contribution in [3.05, 3.63) is 120 Å². The maximum Gasteiger partial charge on any atom is 0.737 e. The van der Waals surface area contributed by atoms with E-state index < -0.39 is 8.80 Å². The molecule has 0 bridgehead atoms. The summed E-state index contributed by atoms with van der Waals surface area (Å²) < 4.78 is 21.1. The zero-order valence-electron chi connectivity index (χ0n) is 23.9. The Hall–Kier alpha value is -4.49. The molecule has 204 valence electrons. The van der Waals surface area contributed by atoms with Gasteiger partial charge in [0.15, 0.2) is 0 Å². The van der Waals surface area contributed by atoms with Crippen LogP contribution in [0.15, 0.2) is 118 Å². The van der Waals surface area contributed by atoms with E-state index in [1.54, 1.807) is 21.1 Å². The van der Waals surface area contributed by atoms with Gasteiger partial charge in [-0.1, -0.05) is 66.7 Å². The van der Waals surface area contributed by atoms with Crippen LogP contribution in [0.3, 0.4) is 0 Å². The van der Waals surface area contributed by atoms with Crippen molar-refractivity contribution in [3.63, 3.8) is 0 Å². The molecular weight excluding hydrogens is 514 g/mol. The molecule has 0 aliphatic carbocycles. The number of para-hydroxylation sites is 3. The molecule has 40 heavy (non-hydrogen) atoms. The first-order valence-corrected chi connectivity index (χ1v) is 14.9. The van der Waals surface area contributed by atoms with Gasteiger partial charge >= 0.3 is 8.80 Å². The van der Waals surface area contributed by atoms with Crippen LogP contribution in [0.4, 0.5) is 0 Å². The Morgan fingerprint density at radius 2 is 0.750 bits per heavy atom. The van der Waals surface area contributed by atoms with Gasteiger partial charge in [-0.3, -0.25) is 15.0 Å². The highest BCUT2D eigenvalue weighted by Crippen LogP contribution is 2.30. The molecule has 7 heteroatoms. The van der Waals surface area contributed by atoms with Crippen LogP contribution in [0.25, 0.3) is 0 Å². The van der Waals surface area contributed by atoms with Crippen LogP contribution in [0.5, 0.6) is 17.2 Å². The lowest BCUT2D eigenvalue weighted by Gasteiger charge is -2.32. The van der Waals surface area contributed by atoms with Gasteiger partial charge < -0.3 is 13.3 Å². The molecule has 0 aliphatic rings. The van der Waals surface area contributed by atoms with E-state index in [4.69, 9.17) is 13.3 Å². The maximum atomic E-state index is 7.02. The highest BCUT2D eigenvalue weighted by atomic mass is 28.4. The minimum atomic E-state index is -3.83. The fraction of sp³-hybridized carbons (Fsp3) is 0.182. The van der Waals surface area contributed by atoms with Crippen LogP contribution in [0.1, 0.15) is 37.5 Å². The second-order valence-corrected chi connectivity index (χ2v) is 11.4. The third-order valence-electron chi connectivity index (χ3n) is 6.70. The summed E-state index contributed by atoms with van der Waals surface area (Å²) in [6.07, 6.45) is 0. The Morgan fingerprint density at radius 3 is 1.07 bits per heavy atom. The smallest absolute Gasteiger partial charge is 0.479 e. The van der Waals surface area contributed by atoms with Crippen LogP contribution in [0, 0.1) is 0 Å². The van der Waals surface area contributed by atoms with Crippen molar-refractivity contribution in [2.45, 2.75) is 20.8 Å². The van der Waals surface area contributed by atoms with E-state index in [9.17, 15) is 0 Å². The van der Waals surface area contributed by atoms with Gasteiger partial charge in [0, 0.05) is 55.0 Å². The molecule has 0 spiro atoms. The average molecular weight is 550 g/mol. The van der Waals surface area contributed by atoms with E-state index in [0.29, 0.717) is 17.2 Å². The lowest BCUT2D eigenvalue weighted by Crippen LogP contribution is -2.65. The molecule has 0 amide bonds. The van der Waals surface area contributed by atoms with Crippen LogP contribution < -0.4 is 18.5 Å². The first-order valence-electron chi connectivity index (χ1n) is 13.1. The van der Waals surface area contributed by atoms with Gasteiger partial charge in [-0.25, -0.2) is 0 Å². The van der Waals surface area contributed by atoms with Crippen molar-refractivity contribution < 1.29 is 13.3 Å². The van der Waals surface area contributed by atoms with Gasteiger partial charge in [0.1, 0.15) is 17.2 Å². The van der Waals surface area contributed by atoms with Gasteiger partial charge in [-0.15, -0.1) is 0 Å². The van der Waals surface area contributed by atoms with Crippen molar-refractivity contribution in [3.8, 4) is 17.2 Å². The largest absolute Gasteiger partial charge is 0.737 e. The van der Waals surface area contributed by atoms with Gasteiger partial charge in [0.05, 0.1) is 5.19 Å². The van der Waals surface area contributed by atoms with E-state index in [0.717, 1.165) is 39.0 Å². The molecule has 0 saturated heterocycles. The summed E-state index contributed by atoms with van der Waals surface area (Å²) >= 11 is 0. The topological polar surface area (TPSA) is 64.8 Å². The lowest BCUT2D eigenvalue weighted by molar-refractivity contribution is 0.280. The van der Waals surface area contributed by atoms with Crippen molar-refractivity contribution in [1.82, 2.24) is 0 Å². The molecule has 4 aromatic rings. The molecule has 0 aromatic heterocycles. The average Bonchev–Trinajstić information content (AvgIpc) is 3.01. The summed E-state index contributed by atoms with van der Waals surface area (Å²) in [7, 11) is 1.48. The Balaban J connectivity index is 2.01. The fourth-order valence-electron chi connectivity index (χ4n) is 4.24. The van der Waals surface area contributed by atoms with E-state index in [2.05, 4.69) is 15.0 Å². The highest BCUT2D eigenvalue weighted by Gasteiger charge is 2.53. The van der Waals surface area contributed by atoms with Crippen LogP contribution in [-0.4, -0.2) is 47.1 Å². The number of nitrogens with zero attached hydrogens (tertiary/aromatic N) is 3. The SMILES string of the molecule is CN=C(C)c1ccccc1O[Si](Oc1ccccc1C(C)=NC)(Oc1ccccc1C(C)=NC)c1ccccc1. The summed E-state index contributed by atoms with van der Waals surface area (Å²) in [5.74, 6) is 1.87. The summed E-state index contributed by atoms with van der Waals surface area (Å²) in [5, 5.41) is 0.803. The molecule has 0 saturated carbocycles. The second kappa shape index (κ2) is 13.0. The lowest BCUT2D eigenvalue weighted by atomic mass is 10.1. The minimum Gasteiger partial charge on any atom is -0.479 e. The van der Waals surface area contributed by atoms with Crippen molar-refractivity contribution in [1.29, 1.82) is 0 Å². The monoisotopic (exact) mass is 549 g/mol. The Labute approximate surface area is 238 Å². The summed E-state index contributed by atoms with van der Waals surface area (Å²) in [4.78, 5) is 13.3.